The number of carbonyl (C=O) groups is 1. The first kappa shape index (κ1) is 16.0. The highest BCUT2D eigenvalue weighted by atomic mass is 79.9. The lowest BCUT2D eigenvalue weighted by Crippen LogP contribution is -2.28. The zero-order valence-corrected chi connectivity index (χ0v) is 13.8. The summed E-state index contributed by atoms with van der Waals surface area (Å²) in [7, 11) is 4.72. The van der Waals surface area contributed by atoms with Crippen LogP contribution < -0.4 is 10.1 Å². The summed E-state index contributed by atoms with van der Waals surface area (Å²) in [6.07, 6.45) is 0. The van der Waals surface area contributed by atoms with Crippen LogP contribution in [0.15, 0.2) is 4.47 Å². The molecule has 1 atom stereocenters. The molecule has 0 radical (unpaired) electrons. The predicted octanol–water partition coefficient (Wildman–Crippen LogP) is 2.82. The minimum absolute atomic E-state index is 0.334. The first-order chi connectivity index (χ1) is 8.90. The van der Waals surface area contributed by atoms with Gasteiger partial charge in [-0.2, -0.15) is 0 Å². The quantitative estimate of drug-likeness (QED) is 0.863. The average Bonchev–Trinajstić information content (AvgIpc) is 2.42. The normalized spacial score (nSPS) is 12.2. The fourth-order valence-corrected chi connectivity index (χ4v) is 2.73. The van der Waals surface area contributed by atoms with Crippen LogP contribution >= 0.6 is 15.9 Å². The molecule has 0 aliphatic carbocycles. The van der Waals surface area contributed by atoms with Crippen LogP contribution in [0.5, 0.6) is 5.75 Å². The van der Waals surface area contributed by atoms with E-state index in [1.807, 2.05) is 20.8 Å². The third-order valence-corrected chi connectivity index (χ3v) is 4.62. The van der Waals surface area contributed by atoms with E-state index in [0.29, 0.717) is 0 Å². The Morgan fingerprint density at radius 3 is 2.16 bits per heavy atom. The van der Waals surface area contributed by atoms with Crippen molar-refractivity contribution in [1.29, 1.82) is 0 Å². The average molecular weight is 330 g/mol. The minimum Gasteiger partial charge on any atom is -0.496 e. The molecule has 1 N–H and O–H groups in total. The van der Waals surface area contributed by atoms with E-state index in [2.05, 4.69) is 21.2 Å². The lowest BCUT2D eigenvalue weighted by molar-refractivity contribution is -0.143. The molecule has 1 unspecified atom stereocenters. The summed E-state index contributed by atoms with van der Waals surface area (Å²) < 4.78 is 11.3. The number of likely N-dealkylation sites (N-methyl/N-ethyl adjacent to an activating group) is 1. The van der Waals surface area contributed by atoms with E-state index in [9.17, 15) is 4.79 Å². The van der Waals surface area contributed by atoms with Gasteiger partial charge in [-0.15, -0.1) is 0 Å². The van der Waals surface area contributed by atoms with Gasteiger partial charge in [0.2, 0.25) is 0 Å². The van der Waals surface area contributed by atoms with Crippen LogP contribution in [0.4, 0.5) is 0 Å². The maximum Gasteiger partial charge on any atom is 0.327 e. The van der Waals surface area contributed by atoms with Gasteiger partial charge in [-0.25, -0.2) is 4.79 Å². The van der Waals surface area contributed by atoms with E-state index in [1.54, 1.807) is 14.2 Å². The Bertz CT molecular complexity index is 500. The SMILES string of the molecule is CNC(C(=O)OC)c1c(C)c(Br)c(C)c(C)c1OC. The number of benzene rings is 1. The van der Waals surface area contributed by atoms with Crippen LogP contribution in [0.2, 0.25) is 0 Å². The molecule has 0 saturated heterocycles. The van der Waals surface area contributed by atoms with Crippen LogP contribution in [-0.4, -0.2) is 27.2 Å². The standard InChI is InChI=1S/C14H20BrNO3/c1-7-8(2)13(18-5)10(9(3)11(7)15)12(16-4)14(17)19-6/h12,16H,1-6H3. The molecule has 0 spiro atoms. The molecule has 0 saturated carbocycles. The van der Waals surface area contributed by atoms with Gasteiger partial charge in [0.1, 0.15) is 11.8 Å². The van der Waals surface area contributed by atoms with Crippen molar-refractivity contribution in [2.45, 2.75) is 26.8 Å². The van der Waals surface area contributed by atoms with Gasteiger partial charge in [0.25, 0.3) is 0 Å². The molecule has 1 rings (SSSR count). The van der Waals surface area contributed by atoms with Gasteiger partial charge in [0.15, 0.2) is 0 Å². The fraction of sp³-hybridized carbons (Fsp3) is 0.500. The molecule has 5 heteroatoms. The zero-order chi connectivity index (χ0) is 14.7. The summed E-state index contributed by atoms with van der Waals surface area (Å²) >= 11 is 3.58. The van der Waals surface area contributed by atoms with Gasteiger partial charge in [-0.3, -0.25) is 0 Å². The van der Waals surface area contributed by atoms with Crippen molar-refractivity contribution < 1.29 is 14.3 Å². The van der Waals surface area contributed by atoms with Gasteiger partial charge in [-0.05, 0) is 44.5 Å². The molecule has 1 aromatic carbocycles. The predicted molar refractivity (Wildman–Crippen MR) is 78.7 cm³/mol. The second-order valence-electron chi connectivity index (χ2n) is 4.38. The summed E-state index contributed by atoms with van der Waals surface area (Å²) in [4.78, 5) is 11.9. The van der Waals surface area contributed by atoms with E-state index in [1.165, 1.54) is 7.11 Å². The number of halogens is 1. The molecule has 0 aromatic heterocycles. The Labute approximate surface area is 122 Å². The molecule has 0 fully saturated rings. The molecule has 106 valence electrons. The Hall–Kier alpha value is -1.07. The number of hydrogen-bond acceptors (Lipinski definition) is 4. The number of ether oxygens (including phenoxy) is 2. The van der Waals surface area contributed by atoms with Gasteiger partial charge < -0.3 is 14.8 Å². The number of rotatable bonds is 4. The summed E-state index contributed by atoms with van der Waals surface area (Å²) in [5, 5.41) is 2.98. The molecule has 0 bridgehead atoms. The highest BCUT2D eigenvalue weighted by molar-refractivity contribution is 9.10. The van der Waals surface area contributed by atoms with Crippen molar-refractivity contribution in [2.24, 2.45) is 0 Å². The van der Waals surface area contributed by atoms with Crippen LogP contribution in [-0.2, 0) is 9.53 Å². The van der Waals surface area contributed by atoms with Crippen molar-refractivity contribution in [3.63, 3.8) is 0 Å². The molecule has 0 aliphatic rings. The van der Waals surface area contributed by atoms with E-state index in [-0.39, 0.29) is 5.97 Å². The van der Waals surface area contributed by atoms with Gasteiger partial charge in [0.05, 0.1) is 14.2 Å². The molecular weight excluding hydrogens is 310 g/mol. The van der Waals surface area contributed by atoms with Crippen molar-refractivity contribution in [3.8, 4) is 5.75 Å². The topological polar surface area (TPSA) is 47.6 Å². The van der Waals surface area contributed by atoms with Crippen LogP contribution in [0, 0.1) is 20.8 Å². The maximum atomic E-state index is 11.9. The number of nitrogens with one attached hydrogen (secondary N) is 1. The van der Waals surface area contributed by atoms with Crippen molar-refractivity contribution in [2.75, 3.05) is 21.3 Å². The van der Waals surface area contributed by atoms with Gasteiger partial charge in [0, 0.05) is 10.0 Å². The van der Waals surface area contributed by atoms with E-state index < -0.39 is 6.04 Å². The second kappa shape index (κ2) is 6.39. The Morgan fingerprint density at radius 1 is 1.16 bits per heavy atom. The second-order valence-corrected chi connectivity index (χ2v) is 5.17. The molecule has 0 heterocycles. The number of methoxy groups -OCH3 is 2. The first-order valence-corrected chi connectivity index (χ1v) is 6.78. The van der Waals surface area contributed by atoms with Crippen LogP contribution in [0.1, 0.15) is 28.3 Å². The number of hydrogen-bond donors (Lipinski definition) is 1. The van der Waals surface area contributed by atoms with E-state index in [4.69, 9.17) is 9.47 Å². The van der Waals surface area contributed by atoms with Crippen LogP contribution in [0.25, 0.3) is 0 Å². The summed E-state index contributed by atoms with van der Waals surface area (Å²) in [6, 6.07) is -0.546. The maximum absolute atomic E-state index is 11.9. The molecule has 4 nitrogen and oxygen atoms in total. The molecule has 0 amide bonds. The van der Waals surface area contributed by atoms with Crippen LogP contribution in [0.3, 0.4) is 0 Å². The fourth-order valence-electron chi connectivity index (χ4n) is 2.22. The smallest absolute Gasteiger partial charge is 0.327 e. The zero-order valence-electron chi connectivity index (χ0n) is 12.2. The first-order valence-electron chi connectivity index (χ1n) is 5.98. The molecule has 0 aliphatic heterocycles. The summed E-state index contributed by atoms with van der Waals surface area (Å²) in [5.41, 5.74) is 3.91. The lowest BCUT2D eigenvalue weighted by atomic mass is 9.94. The highest BCUT2D eigenvalue weighted by Crippen LogP contribution is 2.39. The molecule has 1 aromatic rings. The monoisotopic (exact) mass is 329 g/mol. The van der Waals surface area contributed by atoms with E-state index >= 15 is 0 Å². The Kier molecular flexibility index (Phi) is 5.38. The molecular formula is C14H20BrNO3. The largest absolute Gasteiger partial charge is 0.496 e. The van der Waals surface area contributed by atoms with E-state index in [0.717, 1.165) is 32.5 Å². The Morgan fingerprint density at radius 2 is 1.74 bits per heavy atom. The minimum atomic E-state index is -0.546. The number of esters is 1. The third kappa shape index (κ3) is 2.77. The van der Waals surface area contributed by atoms with Crippen molar-refractivity contribution in [1.82, 2.24) is 5.32 Å². The number of carbonyl (C=O) groups excluding carboxylic acids is 1. The summed E-state index contributed by atoms with van der Waals surface area (Å²) in [5.74, 6) is 0.391. The van der Waals surface area contributed by atoms with Gasteiger partial charge >= 0.3 is 5.97 Å². The summed E-state index contributed by atoms with van der Waals surface area (Å²) in [6.45, 7) is 5.96. The molecule has 19 heavy (non-hydrogen) atoms. The third-order valence-electron chi connectivity index (χ3n) is 3.43. The lowest BCUT2D eigenvalue weighted by Gasteiger charge is -2.23. The van der Waals surface area contributed by atoms with Crippen molar-refractivity contribution >= 4 is 21.9 Å². The highest BCUT2D eigenvalue weighted by Gasteiger charge is 2.28. The van der Waals surface area contributed by atoms with Gasteiger partial charge in [-0.1, -0.05) is 15.9 Å². The Balaban J connectivity index is 3.61. The van der Waals surface area contributed by atoms with Crippen molar-refractivity contribution in [3.05, 3.63) is 26.7 Å².